The minimum Gasteiger partial charge on any atom is -0.564 e. The summed E-state index contributed by atoms with van der Waals surface area (Å²) in [5, 5.41) is 10.6. The monoisotopic (exact) mass is 220 g/mol. The lowest BCUT2D eigenvalue weighted by atomic mass is 10.0. The molecule has 1 unspecified atom stereocenters. The SMILES string of the molecule is CCC(C)(C)NO[NH+]([O-])OC(C)(C)CC. The van der Waals surface area contributed by atoms with E-state index in [-0.39, 0.29) is 5.54 Å². The van der Waals surface area contributed by atoms with Gasteiger partial charge in [0.05, 0.1) is 0 Å². The van der Waals surface area contributed by atoms with Crippen LogP contribution in [0, 0.1) is 5.21 Å². The van der Waals surface area contributed by atoms with Gasteiger partial charge in [0.15, 0.2) is 0 Å². The number of hydrogen-bond donors (Lipinski definition) is 2. The molecular weight excluding hydrogens is 196 g/mol. The first-order valence-corrected chi connectivity index (χ1v) is 5.39. The average Bonchev–Trinajstić information content (AvgIpc) is 2.15. The highest BCUT2D eigenvalue weighted by Gasteiger charge is 2.23. The topological polar surface area (TPSA) is 58.0 Å². The second kappa shape index (κ2) is 5.77. The molecule has 0 aromatic rings. The van der Waals surface area contributed by atoms with Crippen LogP contribution in [0.3, 0.4) is 0 Å². The highest BCUT2D eigenvalue weighted by Crippen LogP contribution is 2.09. The fourth-order valence-corrected chi connectivity index (χ4v) is 0.571. The Morgan fingerprint density at radius 3 is 2.07 bits per heavy atom. The van der Waals surface area contributed by atoms with Crippen LogP contribution in [0.5, 0.6) is 0 Å². The normalized spacial score (nSPS) is 15.4. The molecule has 0 fully saturated rings. The second-order valence-corrected chi connectivity index (χ2v) is 4.91. The molecule has 0 amide bonds. The average molecular weight is 220 g/mol. The summed E-state index contributed by atoms with van der Waals surface area (Å²) in [6.45, 7) is 11.6. The predicted octanol–water partition coefficient (Wildman–Crippen LogP) is 1.11. The molecule has 0 saturated carbocycles. The van der Waals surface area contributed by atoms with E-state index in [0.717, 1.165) is 12.8 Å². The lowest BCUT2D eigenvalue weighted by Gasteiger charge is -2.30. The Balaban J connectivity index is 3.90. The smallest absolute Gasteiger partial charge is 0.126 e. The van der Waals surface area contributed by atoms with E-state index < -0.39 is 11.0 Å². The van der Waals surface area contributed by atoms with Crippen molar-refractivity contribution in [3.8, 4) is 0 Å². The highest BCUT2D eigenvalue weighted by molar-refractivity contribution is 4.69. The van der Waals surface area contributed by atoms with Crippen molar-refractivity contribution < 1.29 is 15.2 Å². The van der Waals surface area contributed by atoms with Crippen molar-refractivity contribution in [3.05, 3.63) is 5.21 Å². The highest BCUT2D eigenvalue weighted by atomic mass is 17.2. The molecule has 0 aromatic carbocycles. The summed E-state index contributed by atoms with van der Waals surface area (Å²) in [6, 6.07) is 0. The van der Waals surface area contributed by atoms with E-state index in [2.05, 4.69) is 5.48 Å². The van der Waals surface area contributed by atoms with Gasteiger partial charge in [-0.1, -0.05) is 24.2 Å². The van der Waals surface area contributed by atoms with Crippen molar-refractivity contribution in [1.82, 2.24) is 5.48 Å². The van der Waals surface area contributed by atoms with Crippen LogP contribution in [0.1, 0.15) is 54.4 Å². The zero-order valence-electron chi connectivity index (χ0n) is 10.6. The molecule has 0 saturated heterocycles. The Labute approximate surface area is 92.2 Å². The lowest BCUT2D eigenvalue weighted by Crippen LogP contribution is -3.08. The van der Waals surface area contributed by atoms with Gasteiger partial charge >= 0.3 is 0 Å². The molecule has 0 spiro atoms. The largest absolute Gasteiger partial charge is 0.564 e. The van der Waals surface area contributed by atoms with Gasteiger partial charge in [-0.25, -0.2) is 0 Å². The maximum Gasteiger partial charge on any atom is 0.126 e. The standard InChI is InChI=1S/C10H24N2O3/c1-7-9(3,4)11-15-12(13)14-10(5,6)8-2/h11-12H,7-8H2,1-6H3. The van der Waals surface area contributed by atoms with Gasteiger partial charge in [-0.2, -0.15) is 4.84 Å². The molecule has 0 aliphatic carbocycles. The van der Waals surface area contributed by atoms with E-state index >= 15 is 0 Å². The van der Waals surface area contributed by atoms with Gasteiger partial charge < -0.3 is 5.21 Å². The summed E-state index contributed by atoms with van der Waals surface area (Å²) in [6.07, 6.45) is 1.61. The Kier molecular flexibility index (Phi) is 5.69. The van der Waals surface area contributed by atoms with Crippen molar-refractivity contribution in [2.24, 2.45) is 0 Å². The third kappa shape index (κ3) is 6.81. The van der Waals surface area contributed by atoms with Crippen LogP contribution in [0.4, 0.5) is 0 Å². The molecule has 5 nitrogen and oxygen atoms in total. The summed E-state index contributed by atoms with van der Waals surface area (Å²) in [7, 11) is 0. The lowest BCUT2D eigenvalue weighted by molar-refractivity contribution is -1.22. The van der Waals surface area contributed by atoms with Crippen LogP contribution in [0.2, 0.25) is 0 Å². The molecule has 0 bridgehead atoms. The number of hydroxylamine groups is 1. The van der Waals surface area contributed by atoms with Crippen LogP contribution < -0.4 is 10.9 Å². The molecule has 5 heteroatoms. The molecule has 15 heavy (non-hydrogen) atoms. The summed E-state index contributed by atoms with van der Waals surface area (Å²) in [4.78, 5) is 9.93. The van der Waals surface area contributed by atoms with Crippen molar-refractivity contribution in [3.63, 3.8) is 0 Å². The van der Waals surface area contributed by atoms with Crippen molar-refractivity contribution >= 4 is 0 Å². The first-order chi connectivity index (χ1) is 6.72. The van der Waals surface area contributed by atoms with Gasteiger partial charge in [-0.3, -0.25) is 0 Å². The minimum absolute atomic E-state index is 0.227. The number of quaternary nitrogens is 1. The van der Waals surface area contributed by atoms with Gasteiger partial charge in [0.1, 0.15) is 5.60 Å². The Morgan fingerprint density at radius 2 is 1.67 bits per heavy atom. The zero-order chi connectivity index (χ0) is 12.1. The fraction of sp³-hybridized carbons (Fsp3) is 1.00. The van der Waals surface area contributed by atoms with Crippen LogP contribution in [-0.2, 0) is 9.78 Å². The second-order valence-electron chi connectivity index (χ2n) is 4.91. The molecular formula is C10H24N2O3. The van der Waals surface area contributed by atoms with Gasteiger partial charge in [-0.05, 0) is 40.5 Å². The number of nitrogens with one attached hydrogen (secondary N) is 2. The Bertz CT molecular complexity index is 184. The van der Waals surface area contributed by atoms with Gasteiger partial charge in [0.2, 0.25) is 0 Å². The molecule has 0 aliphatic heterocycles. The number of rotatable bonds is 7. The molecule has 0 aromatic heterocycles. The van der Waals surface area contributed by atoms with Crippen LogP contribution in [0.25, 0.3) is 0 Å². The molecule has 0 rings (SSSR count). The van der Waals surface area contributed by atoms with E-state index in [4.69, 9.17) is 9.78 Å². The minimum atomic E-state index is -0.677. The zero-order valence-corrected chi connectivity index (χ0v) is 10.6. The Hall–Kier alpha value is -0.200. The van der Waals surface area contributed by atoms with Crippen LogP contribution in [0.15, 0.2) is 0 Å². The third-order valence-corrected chi connectivity index (χ3v) is 2.51. The quantitative estimate of drug-likeness (QED) is 0.631. The van der Waals surface area contributed by atoms with Crippen molar-refractivity contribution in [2.45, 2.75) is 65.5 Å². The predicted molar refractivity (Wildman–Crippen MR) is 58.4 cm³/mol. The van der Waals surface area contributed by atoms with E-state index in [1.165, 1.54) is 0 Å². The molecule has 2 N–H and O–H groups in total. The van der Waals surface area contributed by atoms with Crippen LogP contribution in [-0.4, -0.2) is 11.1 Å². The van der Waals surface area contributed by atoms with Gasteiger partial charge in [-0.15, -0.1) is 5.48 Å². The molecule has 0 radical (unpaired) electrons. The number of hydrogen-bond acceptors (Lipinski definition) is 4. The molecule has 0 aliphatic rings. The summed E-state index contributed by atoms with van der Waals surface area (Å²) >= 11 is 0. The maximum absolute atomic E-state index is 11.3. The van der Waals surface area contributed by atoms with E-state index in [0.29, 0.717) is 0 Å². The molecule has 1 atom stereocenters. The van der Waals surface area contributed by atoms with E-state index in [9.17, 15) is 5.21 Å². The summed E-state index contributed by atoms with van der Waals surface area (Å²) in [5.41, 5.74) is 1.98. The molecule has 0 heterocycles. The van der Waals surface area contributed by atoms with Crippen molar-refractivity contribution in [1.29, 1.82) is 0 Å². The van der Waals surface area contributed by atoms with E-state index in [1.807, 2.05) is 41.5 Å². The summed E-state index contributed by atoms with van der Waals surface area (Å²) in [5.74, 6) is 0. The van der Waals surface area contributed by atoms with Crippen molar-refractivity contribution in [2.75, 3.05) is 0 Å². The van der Waals surface area contributed by atoms with E-state index in [1.54, 1.807) is 0 Å². The first kappa shape index (κ1) is 14.8. The first-order valence-electron chi connectivity index (χ1n) is 5.39. The van der Waals surface area contributed by atoms with Crippen LogP contribution >= 0.6 is 0 Å². The fourth-order valence-electron chi connectivity index (χ4n) is 0.571. The van der Waals surface area contributed by atoms with Gasteiger partial charge in [0.25, 0.3) is 0 Å². The summed E-state index contributed by atoms with van der Waals surface area (Å²) < 4.78 is 0. The maximum atomic E-state index is 11.3. The molecule has 92 valence electrons. The third-order valence-electron chi connectivity index (χ3n) is 2.51. The Morgan fingerprint density at radius 1 is 1.13 bits per heavy atom. The van der Waals surface area contributed by atoms with Gasteiger partial charge in [0, 0.05) is 5.54 Å².